The normalized spacial score (nSPS) is 11.1. The summed E-state index contributed by atoms with van der Waals surface area (Å²) in [6, 6.07) is 9.82. The molecular weight excluding hydrogens is 290 g/mol. The number of rotatable bonds is 7. The van der Waals surface area contributed by atoms with Gasteiger partial charge in [0.1, 0.15) is 0 Å². The summed E-state index contributed by atoms with van der Waals surface area (Å²) < 4.78 is 5.52. The minimum atomic E-state index is 0.598. The lowest BCUT2D eigenvalue weighted by Crippen LogP contribution is -2.38. The number of hydrogen-bond acceptors (Lipinski definition) is 4. The zero-order valence-corrected chi connectivity index (χ0v) is 13.6. The summed E-state index contributed by atoms with van der Waals surface area (Å²) in [5, 5.41) is 6.55. The Morgan fingerprint density at radius 3 is 2.74 bits per heavy atom. The molecule has 122 valence electrons. The number of pyridine rings is 2. The van der Waals surface area contributed by atoms with Gasteiger partial charge in [0.25, 0.3) is 0 Å². The lowest BCUT2D eigenvalue weighted by molar-refractivity contribution is 0.322. The largest absolute Gasteiger partial charge is 0.478 e. The van der Waals surface area contributed by atoms with E-state index in [-0.39, 0.29) is 0 Å². The van der Waals surface area contributed by atoms with Gasteiger partial charge in [-0.3, -0.25) is 9.98 Å². The average Bonchev–Trinajstić information content (AvgIpc) is 2.60. The molecule has 0 spiro atoms. The fourth-order valence-electron chi connectivity index (χ4n) is 2.08. The van der Waals surface area contributed by atoms with E-state index in [1.807, 2.05) is 37.3 Å². The van der Waals surface area contributed by atoms with Crippen LogP contribution >= 0.6 is 0 Å². The first-order valence-electron chi connectivity index (χ1n) is 7.74. The Morgan fingerprint density at radius 2 is 2.00 bits per heavy atom. The number of aliphatic imine (C=N–C) groups is 1. The molecule has 6 nitrogen and oxygen atoms in total. The van der Waals surface area contributed by atoms with Crippen LogP contribution in [-0.2, 0) is 13.0 Å². The highest BCUT2D eigenvalue weighted by molar-refractivity contribution is 5.79. The van der Waals surface area contributed by atoms with E-state index >= 15 is 0 Å². The van der Waals surface area contributed by atoms with Crippen molar-refractivity contribution in [2.24, 2.45) is 4.99 Å². The van der Waals surface area contributed by atoms with Crippen molar-refractivity contribution in [3.8, 4) is 5.88 Å². The maximum Gasteiger partial charge on any atom is 0.218 e. The van der Waals surface area contributed by atoms with Crippen LogP contribution in [0.3, 0.4) is 0 Å². The van der Waals surface area contributed by atoms with Gasteiger partial charge in [0.05, 0.1) is 6.61 Å². The first-order chi connectivity index (χ1) is 11.3. The summed E-state index contributed by atoms with van der Waals surface area (Å²) in [7, 11) is 1.75. The molecule has 6 heteroatoms. The van der Waals surface area contributed by atoms with E-state index in [2.05, 4.69) is 25.6 Å². The number of ether oxygens (including phenoxy) is 1. The van der Waals surface area contributed by atoms with Crippen molar-refractivity contribution in [3.63, 3.8) is 0 Å². The van der Waals surface area contributed by atoms with Crippen molar-refractivity contribution in [1.29, 1.82) is 0 Å². The van der Waals surface area contributed by atoms with Gasteiger partial charge in [0.15, 0.2) is 5.96 Å². The summed E-state index contributed by atoms with van der Waals surface area (Å²) >= 11 is 0. The first-order valence-corrected chi connectivity index (χ1v) is 7.74. The predicted molar refractivity (Wildman–Crippen MR) is 91.5 cm³/mol. The zero-order valence-electron chi connectivity index (χ0n) is 13.6. The van der Waals surface area contributed by atoms with Crippen molar-refractivity contribution < 1.29 is 4.74 Å². The van der Waals surface area contributed by atoms with E-state index in [0.29, 0.717) is 19.0 Å². The molecular formula is C17H23N5O. The van der Waals surface area contributed by atoms with Gasteiger partial charge in [-0.05, 0) is 25.1 Å². The monoisotopic (exact) mass is 313 g/mol. The molecule has 0 radical (unpaired) electrons. The third kappa shape index (κ3) is 5.58. The fraction of sp³-hybridized carbons (Fsp3) is 0.353. The van der Waals surface area contributed by atoms with Crippen molar-refractivity contribution in [2.75, 3.05) is 20.2 Å². The maximum atomic E-state index is 5.52. The van der Waals surface area contributed by atoms with Gasteiger partial charge in [-0.15, -0.1) is 0 Å². The molecule has 2 heterocycles. The molecule has 2 aromatic rings. The number of nitrogens with one attached hydrogen (secondary N) is 2. The number of nitrogens with zero attached hydrogens (tertiary/aromatic N) is 3. The molecule has 0 saturated heterocycles. The third-order valence-electron chi connectivity index (χ3n) is 3.20. The van der Waals surface area contributed by atoms with Gasteiger partial charge in [0.2, 0.25) is 5.88 Å². The SMILES string of the molecule is CCOc1ncccc1CNC(=NC)NCCc1ccccn1. The van der Waals surface area contributed by atoms with Crippen LogP contribution in [0, 0.1) is 0 Å². The topological polar surface area (TPSA) is 71.4 Å². The highest BCUT2D eigenvalue weighted by Crippen LogP contribution is 2.13. The Hall–Kier alpha value is -2.63. The van der Waals surface area contributed by atoms with Crippen LogP contribution in [0.25, 0.3) is 0 Å². The van der Waals surface area contributed by atoms with Crippen LogP contribution in [0.1, 0.15) is 18.2 Å². The summed E-state index contributed by atoms with van der Waals surface area (Å²) in [6.45, 7) is 3.92. The third-order valence-corrected chi connectivity index (χ3v) is 3.20. The highest BCUT2D eigenvalue weighted by Gasteiger charge is 2.05. The van der Waals surface area contributed by atoms with Crippen molar-refractivity contribution in [1.82, 2.24) is 20.6 Å². The molecule has 0 aliphatic rings. The minimum Gasteiger partial charge on any atom is -0.478 e. The molecule has 0 fully saturated rings. The molecule has 0 saturated carbocycles. The Kier molecular flexibility index (Phi) is 6.84. The first kappa shape index (κ1) is 16.7. The molecule has 0 unspecified atom stereocenters. The average molecular weight is 313 g/mol. The van der Waals surface area contributed by atoms with Crippen LogP contribution in [0.5, 0.6) is 5.88 Å². The van der Waals surface area contributed by atoms with Crippen molar-refractivity contribution >= 4 is 5.96 Å². The highest BCUT2D eigenvalue weighted by atomic mass is 16.5. The second kappa shape index (κ2) is 9.40. The Labute approximate surface area is 137 Å². The van der Waals surface area contributed by atoms with Crippen molar-refractivity contribution in [2.45, 2.75) is 19.9 Å². The molecule has 23 heavy (non-hydrogen) atoms. The molecule has 2 rings (SSSR count). The Morgan fingerprint density at radius 1 is 1.13 bits per heavy atom. The predicted octanol–water partition coefficient (Wildman–Crippen LogP) is 1.78. The summed E-state index contributed by atoms with van der Waals surface area (Å²) in [5.74, 6) is 1.40. The van der Waals surface area contributed by atoms with E-state index in [4.69, 9.17) is 4.74 Å². The quantitative estimate of drug-likeness (QED) is 0.602. The molecule has 2 N–H and O–H groups in total. The maximum absolute atomic E-state index is 5.52. The Bertz CT molecular complexity index is 615. The van der Waals surface area contributed by atoms with Gasteiger partial charge >= 0.3 is 0 Å². The van der Waals surface area contributed by atoms with Gasteiger partial charge in [0, 0.05) is 50.2 Å². The number of aromatic nitrogens is 2. The van der Waals surface area contributed by atoms with Gasteiger partial charge in [-0.1, -0.05) is 12.1 Å². The van der Waals surface area contributed by atoms with E-state index < -0.39 is 0 Å². The summed E-state index contributed by atoms with van der Waals surface area (Å²) in [6.07, 6.45) is 4.38. The molecule has 0 aliphatic heterocycles. The molecule has 0 aromatic carbocycles. The smallest absolute Gasteiger partial charge is 0.218 e. The number of hydrogen-bond donors (Lipinski definition) is 2. The van der Waals surface area contributed by atoms with Gasteiger partial charge in [-0.25, -0.2) is 4.98 Å². The molecule has 0 atom stereocenters. The van der Waals surface area contributed by atoms with Crippen LogP contribution < -0.4 is 15.4 Å². The standard InChI is InChI=1S/C17H23N5O/c1-3-23-16-14(7-6-11-20-16)13-22-17(18-2)21-12-9-15-8-4-5-10-19-15/h4-8,10-11H,3,9,12-13H2,1-2H3,(H2,18,21,22). The lowest BCUT2D eigenvalue weighted by Gasteiger charge is -2.13. The van der Waals surface area contributed by atoms with Crippen molar-refractivity contribution in [3.05, 3.63) is 54.0 Å². The van der Waals surface area contributed by atoms with E-state index in [1.165, 1.54) is 0 Å². The lowest BCUT2D eigenvalue weighted by atomic mass is 10.2. The van der Waals surface area contributed by atoms with E-state index in [9.17, 15) is 0 Å². The summed E-state index contributed by atoms with van der Waals surface area (Å²) in [5.41, 5.74) is 2.06. The van der Waals surface area contributed by atoms with Crippen LogP contribution in [0.4, 0.5) is 0 Å². The van der Waals surface area contributed by atoms with Crippen LogP contribution in [0.15, 0.2) is 47.7 Å². The van der Waals surface area contributed by atoms with E-state index in [1.54, 1.807) is 19.4 Å². The molecule has 0 amide bonds. The van der Waals surface area contributed by atoms with Gasteiger partial charge in [-0.2, -0.15) is 0 Å². The summed E-state index contributed by atoms with van der Waals surface area (Å²) in [4.78, 5) is 12.8. The van der Waals surface area contributed by atoms with Crippen LogP contribution in [0.2, 0.25) is 0 Å². The van der Waals surface area contributed by atoms with Gasteiger partial charge < -0.3 is 15.4 Å². The Balaban J connectivity index is 1.81. The zero-order chi connectivity index (χ0) is 16.3. The molecule has 0 bridgehead atoms. The van der Waals surface area contributed by atoms with E-state index in [0.717, 1.165) is 30.2 Å². The number of guanidine groups is 1. The molecule has 0 aliphatic carbocycles. The minimum absolute atomic E-state index is 0.598. The van der Waals surface area contributed by atoms with Crippen LogP contribution in [-0.4, -0.2) is 36.1 Å². The molecule has 2 aromatic heterocycles. The second-order valence-corrected chi connectivity index (χ2v) is 4.82. The fourth-order valence-corrected chi connectivity index (χ4v) is 2.08. The second-order valence-electron chi connectivity index (χ2n) is 4.82.